The maximum Gasteiger partial charge on any atom is 0.355 e. The second-order valence-corrected chi connectivity index (χ2v) is 4.87. The lowest BCUT2D eigenvalue weighted by Crippen LogP contribution is -2.35. The van der Waals surface area contributed by atoms with Crippen LogP contribution in [0.15, 0.2) is 23.2 Å². The van der Waals surface area contributed by atoms with Crippen molar-refractivity contribution in [3.05, 3.63) is 28.1 Å². The number of ether oxygens (including phenoxy) is 1. The Balaban J connectivity index is 2.80. The van der Waals surface area contributed by atoms with Crippen LogP contribution in [0, 0.1) is 0 Å². The molecule has 1 aromatic heterocycles. The van der Waals surface area contributed by atoms with Crippen LogP contribution in [0.2, 0.25) is 0 Å². The number of halogens is 4. The molecule has 1 amide bonds. The van der Waals surface area contributed by atoms with E-state index in [0.717, 1.165) is 6.92 Å². The highest BCUT2D eigenvalue weighted by atomic mass is 32.1. The molecule has 0 bridgehead atoms. The minimum atomic E-state index is -4.44. The van der Waals surface area contributed by atoms with Crippen LogP contribution in [-0.4, -0.2) is 30.8 Å². The molecular weight excluding hydrogens is 314 g/mol. The Morgan fingerprint density at radius 3 is 2.62 bits per heavy atom. The SMILES string of the molecule is CC(=O)NC(=Cc1cccs1)C(=O)OCC(F)(F)C(F)F. The van der Waals surface area contributed by atoms with Crippen molar-refractivity contribution in [2.24, 2.45) is 0 Å². The van der Waals surface area contributed by atoms with Crippen molar-refractivity contribution in [3.63, 3.8) is 0 Å². The summed E-state index contributed by atoms with van der Waals surface area (Å²) in [5, 5.41) is 3.79. The van der Waals surface area contributed by atoms with E-state index in [1.807, 2.05) is 0 Å². The first-order chi connectivity index (χ1) is 9.72. The van der Waals surface area contributed by atoms with E-state index in [1.54, 1.807) is 17.5 Å². The zero-order valence-corrected chi connectivity index (χ0v) is 11.6. The van der Waals surface area contributed by atoms with Gasteiger partial charge in [0.15, 0.2) is 6.61 Å². The molecule has 21 heavy (non-hydrogen) atoms. The van der Waals surface area contributed by atoms with Crippen molar-refractivity contribution in [1.82, 2.24) is 5.32 Å². The third kappa shape index (κ3) is 5.54. The quantitative estimate of drug-likeness (QED) is 0.497. The van der Waals surface area contributed by atoms with Crippen LogP contribution in [0.1, 0.15) is 11.8 Å². The second kappa shape index (κ2) is 7.21. The summed E-state index contributed by atoms with van der Waals surface area (Å²) in [4.78, 5) is 23.1. The number of amides is 1. The van der Waals surface area contributed by atoms with Crippen molar-refractivity contribution in [2.45, 2.75) is 19.3 Å². The molecule has 0 aromatic carbocycles. The van der Waals surface area contributed by atoms with Gasteiger partial charge in [-0.05, 0) is 17.5 Å². The third-order valence-corrected chi connectivity index (χ3v) is 2.89. The first kappa shape index (κ1) is 17.2. The lowest BCUT2D eigenvalue weighted by Gasteiger charge is -2.15. The van der Waals surface area contributed by atoms with E-state index in [9.17, 15) is 27.2 Å². The van der Waals surface area contributed by atoms with Crippen molar-refractivity contribution in [3.8, 4) is 0 Å². The van der Waals surface area contributed by atoms with Crippen molar-refractivity contribution in [2.75, 3.05) is 6.61 Å². The minimum absolute atomic E-state index is 0.407. The molecule has 1 aromatic rings. The summed E-state index contributed by atoms with van der Waals surface area (Å²) in [5.74, 6) is -6.39. The van der Waals surface area contributed by atoms with Crippen LogP contribution in [0.4, 0.5) is 17.6 Å². The Labute approximate surface area is 121 Å². The number of alkyl halides is 4. The van der Waals surface area contributed by atoms with E-state index in [-0.39, 0.29) is 0 Å². The average molecular weight is 325 g/mol. The van der Waals surface area contributed by atoms with Crippen LogP contribution in [0.3, 0.4) is 0 Å². The number of nitrogens with one attached hydrogen (secondary N) is 1. The van der Waals surface area contributed by atoms with Crippen LogP contribution in [0.25, 0.3) is 6.08 Å². The van der Waals surface area contributed by atoms with Gasteiger partial charge in [-0.25, -0.2) is 13.6 Å². The standard InChI is InChI=1S/C12H11F4NO3S/c1-7(18)17-9(5-8-3-2-4-21-8)10(19)20-6-12(15,16)11(13)14/h2-5,11H,6H2,1H3,(H,17,18). The molecule has 116 valence electrons. The molecule has 9 heteroatoms. The van der Waals surface area contributed by atoms with E-state index in [2.05, 4.69) is 10.1 Å². The molecule has 0 unspecified atom stereocenters. The fourth-order valence-corrected chi connectivity index (χ4v) is 1.81. The van der Waals surface area contributed by atoms with Crippen LogP contribution >= 0.6 is 11.3 Å². The molecule has 0 aliphatic heterocycles. The first-order valence-electron chi connectivity index (χ1n) is 5.58. The normalized spacial score (nSPS) is 12.4. The predicted octanol–water partition coefficient (Wildman–Crippen LogP) is 2.67. The van der Waals surface area contributed by atoms with Gasteiger partial charge in [0.1, 0.15) is 5.70 Å². The van der Waals surface area contributed by atoms with Crippen LogP contribution < -0.4 is 5.32 Å². The molecule has 0 saturated carbocycles. The van der Waals surface area contributed by atoms with E-state index < -0.39 is 36.5 Å². The maximum atomic E-state index is 12.7. The fraction of sp³-hybridized carbons (Fsp3) is 0.333. The molecule has 0 spiro atoms. The molecule has 0 aliphatic carbocycles. The summed E-state index contributed by atoms with van der Waals surface area (Å²) in [6, 6.07) is 3.27. The van der Waals surface area contributed by atoms with Gasteiger partial charge in [0.05, 0.1) is 0 Å². The molecular formula is C12H11F4NO3S. The Bertz CT molecular complexity index is 529. The Kier molecular flexibility index (Phi) is 5.89. The van der Waals surface area contributed by atoms with Gasteiger partial charge >= 0.3 is 18.3 Å². The van der Waals surface area contributed by atoms with Gasteiger partial charge in [-0.3, -0.25) is 4.79 Å². The maximum absolute atomic E-state index is 12.7. The van der Waals surface area contributed by atoms with Crippen LogP contribution in [0.5, 0.6) is 0 Å². The summed E-state index contributed by atoms with van der Waals surface area (Å²) in [7, 11) is 0. The van der Waals surface area contributed by atoms with Gasteiger partial charge in [0.2, 0.25) is 5.91 Å². The van der Waals surface area contributed by atoms with Gasteiger partial charge < -0.3 is 10.1 Å². The number of carbonyl (C=O) groups excluding carboxylic acids is 2. The topological polar surface area (TPSA) is 55.4 Å². The Morgan fingerprint density at radius 1 is 1.48 bits per heavy atom. The lowest BCUT2D eigenvalue weighted by atomic mass is 10.3. The van der Waals surface area contributed by atoms with E-state index >= 15 is 0 Å². The molecule has 0 radical (unpaired) electrons. The van der Waals surface area contributed by atoms with Crippen molar-refractivity contribution >= 4 is 29.3 Å². The summed E-state index contributed by atoms with van der Waals surface area (Å²) in [6.07, 6.45) is -2.75. The molecule has 1 rings (SSSR count). The number of hydrogen-bond acceptors (Lipinski definition) is 4. The number of hydrogen-bond donors (Lipinski definition) is 1. The van der Waals surface area contributed by atoms with E-state index in [1.165, 1.54) is 17.4 Å². The zero-order valence-electron chi connectivity index (χ0n) is 10.7. The monoisotopic (exact) mass is 325 g/mol. The van der Waals surface area contributed by atoms with Gasteiger partial charge in [-0.2, -0.15) is 8.78 Å². The summed E-state index contributed by atoms with van der Waals surface area (Å²) in [5.41, 5.74) is -0.407. The number of esters is 1. The van der Waals surface area contributed by atoms with Crippen molar-refractivity contribution in [1.29, 1.82) is 0 Å². The molecule has 4 nitrogen and oxygen atoms in total. The predicted molar refractivity (Wildman–Crippen MR) is 68.0 cm³/mol. The fourth-order valence-electron chi connectivity index (χ4n) is 1.15. The lowest BCUT2D eigenvalue weighted by molar-refractivity contribution is -0.177. The van der Waals surface area contributed by atoms with E-state index in [0.29, 0.717) is 4.88 Å². The zero-order chi connectivity index (χ0) is 16.0. The summed E-state index contributed by atoms with van der Waals surface area (Å²) >= 11 is 1.22. The third-order valence-electron chi connectivity index (χ3n) is 2.08. The highest BCUT2D eigenvalue weighted by molar-refractivity contribution is 7.10. The first-order valence-corrected chi connectivity index (χ1v) is 6.46. The highest BCUT2D eigenvalue weighted by Crippen LogP contribution is 2.23. The Morgan fingerprint density at radius 2 is 2.14 bits per heavy atom. The van der Waals surface area contributed by atoms with E-state index in [4.69, 9.17) is 0 Å². The van der Waals surface area contributed by atoms with Crippen molar-refractivity contribution < 1.29 is 31.9 Å². The summed E-state index contributed by atoms with van der Waals surface area (Å²) < 4.78 is 53.4. The molecule has 0 saturated heterocycles. The molecule has 1 N–H and O–H groups in total. The average Bonchev–Trinajstić information content (AvgIpc) is 2.87. The van der Waals surface area contributed by atoms with Gasteiger partial charge in [0.25, 0.3) is 0 Å². The number of carbonyl (C=O) groups is 2. The number of thiophene rings is 1. The van der Waals surface area contributed by atoms with Gasteiger partial charge in [-0.1, -0.05) is 6.07 Å². The van der Waals surface area contributed by atoms with Crippen LogP contribution in [-0.2, 0) is 14.3 Å². The summed E-state index contributed by atoms with van der Waals surface area (Å²) in [6.45, 7) is -0.672. The second-order valence-electron chi connectivity index (χ2n) is 3.89. The number of rotatable bonds is 6. The van der Waals surface area contributed by atoms with Gasteiger partial charge in [0, 0.05) is 11.8 Å². The molecule has 0 atom stereocenters. The highest BCUT2D eigenvalue weighted by Gasteiger charge is 2.42. The molecule has 0 aliphatic rings. The smallest absolute Gasteiger partial charge is 0.355 e. The largest absolute Gasteiger partial charge is 0.454 e. The minimum Gasteiger partial charge on any atom is -0.454 e. The Hall–Kier alpha value is -1.90. The molecule has 0 fully saturated rings. The molecule has 1 heterocycles. The van der Waals surface area contributed by atoms with Gasteiger partial charge in [-0.15, -0.1) is 11.3 Å².